The van der Waals surface area contributed by atoms with Crippen LogP contribution in [-0.4, -0.2) is 15.0 Å². The summed E-state index contributed by atoms with van der Waals surface area (Å²) in [6, 6.07) is 9.95. The van der Waals surface area contributed by atoms with Gasteiger partial charge in [0.1, 0.15) is 5.15 Å². The molecule has 0 saturated carbocycles. The van der Waals surface area contributed by atoms with Crippen molar-refractivity contribution in [3.05, 3.63) is 52.9 Å². The molecule has 4 heteroatoms. The van der Waals surface area contributed by atoms with E-state index in [9.17, 15) is 0 Å². The molecule has 3 aromatic rings. The summed E-state index contributed by atoms with van der Waals surface area (Å²) in [7, 11) is 0. The van der Waals surface area contributed by atoms with Crippen molar-refractivity contribution >= 4 is 22.5 Å². The largest absolute Gasteiger partial charge is 0.255 e. The summed E-state index contributed by atoms with van der Waals surface area (Å²) in [6.07, 6.45) is 1.78. The predicted molar refractivity (Wildman–Crippen MR) is 86.6 cm³/mol. The maximum atomic E-state index is 6.36. The van der Waals surface area contributed by atoms with Crippen LogP contribution in [0.1, 0.15) is 31.0 Å². The number of pyridine rings is 1. The molecular weight excluding hydrogens is 282 g/mol. The molecule has 0 radical (unpaired) electrons. The Labute approximate surface area is 129 Å². The molecule has 2 aromatic heterocycles. The summed E-state index contributed by atoms with van der Waals surface area (Å²) < 4.78 is 0. The Hall–Kier alpha value is -2.00. The second-order valence-corrected chi connectivity index (χ2v) is 5.73. The van der Waals surface area contributed by atoms with Crippen LogP contribution in [0, 0.1) is 6.92 Å². The Morgan fingerprint density at radius 1 is 1.05 bits per heavy atom. The van der Waals surface area contributed by atoms with E-state index < -0.39 is 0 Å². The summed E-state index contributed by atoms with van der Waals surface area (Å²) in [5.41, 5.74) is 3.74. The molecule has 3 nitrogen and oxygen atoms in total. The van der Waals surface area contributed by atoms with Crippen LogP contribution in [-0.2, 0) is 0 Å². The van der Waals surface area contributed by atoms with Crippen LogP contribution >= 0.6 is 11.6 Å². The first-order valence-electron chi connectivity index (χ1n) is 6.96. The highest BCUT2D eigenvalue weighted by Crippen LogP contribution is 2.30. The van der Waals surface area contributed by atoms with Crippen molar-refractivity contribution in [2.24, 2.45) is 0 Å². The van der Waals surface area contributed by atoms with Crippen molar-refractivity contribution in [2.75, 3.05) is 0 Å². The molecule has 3 rings (SSSR count). The highest BCUT2D eigenvalue weighted by Gasteiger charge is 2.15. The van der Waals surface area contributed by atoms with E-state index in [0.29, 0.717) is 16.9 Å². The first-order chi connectivity index (χ1) is 10.1. The highest BCUT2D eigenvalue weighted by molar-refractivity contribution is 6.30. The first kappa shape index (κ1) is 14.0. The zero-order chi connectivity index (χ0) is 15.0. The normalized spacial score (nSPS) is 11.3. The van der Waals surface area contributed by atoms with E-state index in [4.69, 9.17) is 11.6 Å². The minimum absolute atomic E-state index is 0.303. The van der Waals surface area contributed by atoms with Gasteiger partial charge >= 0.3 is 0 Å². The van der Waals surface area contributed by atoms with Gasteiger partial charge in [0.05, 0.1) is 5.52 Å². The topological polar surface area (TPSA) is 38.7 Å². The van der Waals surface area contributed by atoms with Gasteiger partial charge in [-0.15, -0.1) is 0 Å². The van der Waals surface area contributed by atoms with Crippen LogP contribution in [0.5, 0.6) is 0 Å². The van der Waals surface area contributed by atoms with Crippen LogP contribution in [0.3, 0.4) is 0 Å². The third-order valence-corrected chi connectivity index (χ3v) is 3.83. The van der Waals surface area contributed by atoms with Crippen molar-refractivity contribution in [3.63, 3.8) is 0 Å². The predicted octanol–water partition coefficient (Wildman–Crippen LogP) is 4.78. The number of nitrogens with zero attached hydrogens (tertiary/aromatic N) is 3. The van der Waals surface area contributed by atoms with Gasteiger partial charge < -0.3 is 0 Å². The van der Waals surface area contributed by atoms with Gasteiger partial charge in [-0.3, -0.25) is 4.98 Å². The fourth-order valence-electron chi connectivity index (χ4n) is 2.61. The molecule has 0 aliphatic rings. The fourth-order valence-corrected chi connectivity index (χ4v) is 3.04. The summed E-state index contributed by atoms with van der Waals surface area (Å²) in [5.74, 6) is 0.934. The Kier molecular flexibility index (Phi) is 3.60. The molecular formula is C17H16ClN3. The van der Waals surface area contributed by atoms with Crippen molar-refractivity contribution in [2.45, 2.75) is 26.7 Å². The molecule has 106 valence electrons. The minimum atomic E-state index is 0.303. The number of benzene rings is 1. The number of hydrogen-bond donors (Lipinski definition) is 0. The van der Waals surface area contributed by atoms with Gasteiger partial charge in [0.15, 0.2) is 5.82 Å². The Balaban J connectivity index is 2.24. The molecule has 0 atom stereocenters. The quantitative estimate of drug-likeness (QED) is 0.639. The lowest BCUT2D eigenvalue weighted by Crippen LogP contribution is -2.02. The molecule has 21 heavy (non-hydrogen) atoms. The molecule has 0 aliphatic carbocycles. The minimum Gasteiger partial charge on any atom is -0.255 e. The lowest BCUT2D eigenvalue weighted by Gasteiger charge is -2.13. The van der Waals surface area contributed by atoms with E-state index >= 15 is 0 Å². The van der Waals surface area contributed by atoms with Crippen LogP contribution in [0.4, 0.5) is 0 Å². The van der Waals surface area contributed by atoms with Crippen LogP contribution in [0.25, 0.3) is 22.3 Å². The van der Waals surface area contributed by atoms with Crippen molar-refractivity contribution in [1.29, 1.82) is 0 Å². The summed E-state index contributed by atoms with van der Waals surface area (Å²) >= 11 is 6.36. The maximum Gasteiger partial charge on any atom is 0.163 e. The Morgan fingerprint density at radius 2 is 1.81 bits per heavy atom. The van der Waals surface area contributed by atoms with E-state index in [1.54, 1.807) is 6.20 Å². The molecule has 1 aromatic carbocycles. The molecule has 0 aliphatic heterocycles. The molecule has 0 spiro atoms. The van der Waals surface area contributed by atoms with Gasteiger partial charge in [0.2, 0.25) is 0 Å². The van der Waals surface area contributed by atoms with Crippen molar-refractivity contribution in [1.82, 2.24) is 15.0 Å². The SMILES string of the molecule is Cc1nc(-c2cccc3cccnc23)nc(Cl)c1C(C)C. The monoisotopic (exact) mass is 297 g/mol. The standard InChI is InChI=1S/C17H16ClN3/c1-10(2)14-11(3)20-17(21-16(14)18)13-8-4-6-12-7-5-9-19-15(12)13/h4-10H,1-3H3. The molecule has 0 fully saturated rings. The van der Waals surface area contributed by atoms with Gasteiger partial charge in [-0.05, 0) is 25.0 Å². The number of hydrogen-bond acceptors (Lipinski definition) is 3. The van der Waals surface area contributed by atoms with Crippen LogP contribution < -0.4 is 0 Å². The van der Waals surface area contributed by atoms with Gasteiger partial charge in [-0.25, -0.2) is 9.97 Å². The number of halogens is 1. The van der Waals surface area contributed by atoms with E-state index in [1.165, 1.54) is 0 Å². The second kappa shape index (κ2) is 5.41. The summed E-state index contributed by atoms with van der Waals surface area (Å²) in [5, 5.41) is 1.60. The second-order valence-electron chi connectivity index (χ2n) is 5.37. The van der Waals surface area contributed by atoms with E-state index in [1.807, 2.05) is 37.3 Å². The van der Waals surface area contributed by atoms with Crippen LogP contribution in [0.2, 0.25) is 5.15 Å². The number of aromatic nitrogens is 3. The van der Waals surface area contributed by atoms with Gasteiger partial charge in [-0.1, -0.05) is 43.6 Å². The summed E-state index contributed by atoms with van der Waals surface area (Å²) in [4.78, 5) is 13.6. The average Bonchev–Trinajstić information content (AvgIpc) is 2.45. The zero-order valence-electron chi connectivity index (χ0n) is 12.3. The van der Waals surface area contributed by atoms with Gasteiger partial charge in [0.25, 0.3) is 0 Å². The fraction of sp³-hybridized carbons (Fsp3) is 0.235. The number of rotatable bonds is 2. The van der Waals surface area contributed by atoms with Crippen LogP contribution in [0.15, 0.2) is 36.5 Å². The van der Waals surface area contributed by atoms with Crippen molar-refractivity contribution < 1.29 is 0 Å². The van der Waals surface area contributed by atoms with E-state index in [2.05, 4.69) is 28.8 Å². The molecule has 2 heterocycles. The molecule has 0 N–H and O–H groups in total. The molecule has 0 saturated heterocycles. The van der Waals surface area contributed by atoms with E-state index in [-0.39, 0.29) is 0 Å². The highest BCUT2D eigenvalue weighted by atomic mass is 35.5. The smallest absolute Gasteiger partial charge is 0.163 e. The third-order valence-electron chi connectivity index (χ3n) is 3.54. The zero-order valence-corrected chi connectivity index (χ0v) is 13.0. The average molecular weight is 298 g/mol. The Morgan fingerprint density at radius 3 is 2.52 bits per heavy atom. The summed E-state index contributed by atoms with van der Waals surface area (Å²) in [6.45, 7) is 6.17. The molecule has 0 amide bonds. The lowest BCUT2D eigenvalue weighted by atomic mass is 10.0. The van der Waals surface area contributed by atoms with Crippen molar-refractivity contribution in [3.8, 4) is 11.4 Å². The van der Waals surface area contributed by atoms with Gasteiger partial charge in [0, 0.05) is 28.4 Å². The first-order valence-corrected chi connectivity index (χ1v) is 7.34. The molecule has 0 unspecified atom stereocenters. The van der Waals surface area contributed by atoms with Gasteiger partial charge in [-0.2, -0.15) is 0 Å². The lowest BCUT2D eigenvalue weighted by molar-refractivity contribution is 0.831. The number of fused-ring (bicyclic) bond motifs is 1. The molecule has 0 bridgehead atoms. The number of aryl methyl sites for hydroxylation is 1. The maximum absolute atomic E-state index is 6.36. The Bertz CT molecular complexity index is 784. The number of para-hydroxylation sites is 1. The third kappa shape index (κ3) is 2.49. The van der Waals surface area contributed by atoms with E-state index in [0.717, 1.165) is 27.7 Å².